The molecule has 3 rings (SSSR count). The van der Waals surface area contributed by atoms with Gasteiger partial charge >= 0.3 is 5.97 Å². The molecule has 5 nitrogen and oxygen atoms in total. The van der Waals surface area contributed by atoms with E-state index in [0.29, 0.717) is 33.9 Å². The number of halogens is 1. The van der Waals surface area contributed by atoms with Gasteiger partial charge in [0, 0.05) is 0 Å². The van der Waals surface area contributed by atoms with Gasteiger partial charge in [-0.1, -0.05) is 30.3 Å². The van der Waals surface area contributed by atoms with Gasteiger partial charge in [-0.25, -0.2) is 4.79 Å². The molecule has 0 saturated heterocycles. The second-order valence-electron chi connectivity index (χ2n) is 4.57. The number of carbonyl (C=O) groups is 1. The van der Waals surface area contributed by atoms with Gasteiger partial charge in [-0.2, -0.15) is 0 Å². The van der Waals surface area contributed by atoms with Gasteiger partial charge in [0.25, 0.3) is 0 Å². The van der Waals surface area contributed by atoms with E-state index in [0.717, 1.165) is 5.56 Å². The maximum absolute atomic E-state index is 11.9. The van der Waals surface area contributed by atoms with Crippen molar-refractivity contribution in [3.63, 3.8) is 0 Å². The van der Waals surface area contributed by atoms with Crippen molar-refractivity contribution < 1.29 is 23.7 Å². The van der Waals surface area contributed by atoms with Crippen LogP contribution >= 0.6 is 15.9 Å². The summed E-state index contributed by atoms with van der Waals surface area (Å²) in [4.78, 5) is 11.9. The highest BCUT2D eigenvalue weighted by Crippen LogP contribution is 2.48. The van der Waals surface area contributed by atoms with Crippen LogP contribution in [0.3, 0.4) is 0 Å². The molecule has 0 N–H and O–H groups in total. The quantitative estimate of drug-likeness (QED) is 0.776. The summed E-state index contributed by atoms with van der Waals surface area (Å²) in [6.45, 7) is 0.444. The Morgan fingerprint density at radius 2 is 1.95 bits per heavy atom. The smallest absolute Gasteiger partial charge is 0.339 e. The molecule has 0 aliphatic carbocycles. The molecule has 0 radical (unpaired) electrons. The fourth-order valence-corrected chi connectivity index (χ4v) is 2.68. The predicted octanol–water partition coefficient (Wildman–Crippen LogP) is 3.54. The lowest BCUT2D eigenvalue weighted by molar-refractivity contribution is 0.0598. The van der Waals surface area contributed by atoms with Crippen LogP contribution in [0.4, 0.5) is 0 Å². The molecule has 0 aromatic heterocycles. The van der Waals surface area contributed by atoms with Crippen molar-refractivity contribution in [2.24, 2.45) is 0 Å². The third-order valence-corrected chi connectivity index (χ3v) is 3.98. The average Bonchev–Trinajstić information content (AvgIpc) is 3.05. The SMILES string of the molecule is COC(=O)c1cc(OCc2ccccc2)c2c(c1Br)OCO2. The van der Waals surface area contributed by atoms with E-state index in [9.17, 15) is 4.79 Å². The minimum absolute atomic E-state index is 0.0836. The molecule has 1 aliphatic heterocycles. The fourth-order valence-electron chi connectivity index (χ4n) is 2.11. The average molecular weight is 365 g/mol. The van der Waals surface area contributed by atoms with E-state index >= 15 is 0 Å². The molecule has 2 aromatic rings. The van der Waals surface area contributed by atoms with Crippen LogP contribution in [0.15, 0.2) is 40.9 Å². The molecule has 0 bridgehead atoms. The minimum atomic E-state index is -0.477. The number of hydrogen-bond donors (Lipinski definition) is 0. The second-order valence-corrected chi connectivity index (χ2v) is 5.36. The maximum Gasteiger partial charge on any atom is 0.339 e. The second kappa shape index (κ2) is 6.27. The number of hydrogen-bond acceptors (Lipinski definition) is 5. The molecule has 6 heteroatoms. The number of rotatable bonds is 4. The molecule has 114 valence electrons. The first-order valence-electron chi connectivity index (χ1n) is 6.58. The van der Waals surface area contributed by atoms with Crippen LogP contribution in [0, 0.1) is 0 Å². The van der Waals surface area contributed by atoms with E-state index in [-0.39, 0.29) is 6.79 Å². The number of fused-ring (bicyclic) bond motifs is 1. The van der Waals surface area contributed by atoms with Crippen LogP contribution in [0.25, 0.3) is 0 Å². The summed E-state index contributed by atoms with van der Waals surface area (Å²) >= 11 is 3.34. The molecule has 1 aliphatic rings. The monoisotopic (exact) mass is 364 g/mol. The molecule has 0 fully saturated rings. The van der Waals surface area contributed by atoms with E-state index in [2.05, 4.69) is 15.9 Å². The Bertz CT molecular complexity index is 699. The summed E-state index contributed by atoms with van der Waals surface area (Å²) in [5, 5.41) is 0. The summed E-state index contributed by atoms with van der Waals surface area (Å²) in [5.74, 6) is 0.899. The largest absolute Gasteiger partial charge is 0.485 e. The molecule has 0 amide bonds. The van der Waals surface area contributed by atoms with E-state index in [1.807, 2.05) is 30.3 Å². The highest BCUT2D eigenvalue weighted by Gasteiger charge is 2.28. The molecule has 0 atom stereocenters. The highest BCUT2D eigenvalue weighted by molar-refractivity contribution is 9.10. The lowest BCUT2D eigenvalue weighted by Crippen LogP contribution is -2.04. The van der Waals surface area contributed by atoms with Crippen LogP contribution in [0.5, 0.6) is 17.2 Å². The first kappa shape index (κ1) is 14.7. The number of methoxy groups -OCH3 is 1. The molecule has 0 spiro atoms. The number of benzene rings is 2. The van der Waals surface area contributed by atoms with Crippen LogP contribution in [0.1, 0.15) is 15.9 Å². The molecule has 1 heterocycles. The van der Waals surface area contributed by atoms with Crippen molar-refractivity contribution in [1.29, 1.82) is 0 Å². The van der Waals surface area contributed by atoms with Crippen molar-refractivity contribution in [2.45, 2.75) is 6.61 Å². The topological polar surface area (TPSA) is 54.0 Å². The van der Waals surface area contributed by atoms with E-state index < -0.39 is 5.97 Å². The molecular weight excluding hydrogens is 352 g/mol. The van der Waals surface area contributed by atoms with E-state index in [4.69, 9.17) is 18.9 Å². The standard InChI is InChI=1S/C16H13BrO5/c1-19-16(18)11-7-12(14-15(13(11)17)22-9-21-14)20-8-10-5-3-2-4-6-10/h2-7H,8-9H2,1H3. The summed E-state index contributed by atoms with van der Waals surface area (Å²) in [6.07, 6.45) is 0. The third kappa shape index (κ3) is 2.74. The number of carbonyl (C=O) groups excluding carboxylic acids is 1. The van der Waals surface area contributed by atoms with Gasteiger partial charge in [-0.15, -0.1) is 0 Å². The zero-order chi connectivity index (χ0) is 15.5. The van der Waals surface area contributed by atoms with Gasteiger partial charge in [0.1, 0.15) is 6.61 Å². The third-order valence-electron chi connectivity index (χ3n) is 3.19. The van der Waals surface area contributed by atoms with Crippen molar-refractivity contribution >= 4 is 21.9 Å². The Labute approximate surface area is 135 Å². The zero-order valence-corrected chi connectivity index (χ0v) is 13.4. The lowest BCUT2D eigenvalue weighted by Gasteiger charge is -2.12. The Morgan fingerprint density at radius 3 is 2.68 bits per heavy atom. The van der Waals surface area contributed by atoms with Crippen molar-refractivity contribution in [1.82, 2.24) is 0 Å². The summed E-state index contributed by atoms with van der Waals surface area (Å²) in [6, 6.07) is 11.3. The summed E-state index contributed by atoms with van der Waals surface area (Å²) < 4.78 is 21.9. The molecule has 0 unspecified atom stereocenters. The van der Waals surface area contributed by atoms with Gasteiger partial charge in [0.2, 0.25) is 12.5 Å². The first-order valence-corrected chi connectivity index (χ1v) is 7.37. The lowest BCUT2D eigenvalue weighted by atomic mass is 10.2. The minimum Gasteiger partial charge on any atom is -0.485 e. The molecular formula is C16H13BrO5. The molecule has 0 saturated carbocycles. The van der Waals surface area contributed by atoms with Crippen molar-refractivity contribution in [3.05, 3.63) is 52.0 Å². The van der Waals surface area contributed by atoms with Crippen LogP contribution in [-0.2, 0) is 11.3 Å². The van der Waals surface area contributed by atoms with Gasteiger partial charge < -0.3 is 18.9 Å². The zero-order valence-electron chi connectivity index (χ0n) is 11.8. The Balaban J connectivity index is 1.93. The van der Waals surface area contributed by atoms with Gasteiger partial charge in [0.05, 0.1) is 17.1 Å². The van der Waals surface area contributed by atoms with E-state index in [1.54, 1.807) is 6.07 Å². The normalized spacial score (nSPS) is 12.1. The van der Waals surface area contributed by atoms with E-state index in [1.165, 1.54) is 7.11 Å². The van der Waals surface area contributed by atoms with Crippen molar-refractivity contribution in [3.8, 4) is 17.2 Å². The summed E-state index contributed by atoms with van der Waals surface area (Å²) in [5.41, 5.74) is 1.34. The number of ether oxygens (including phenoxy) is 4. The van der Waals surface area contributed by atoms with Crippen LogP contribution in [0.2, 0.25) is 0 Å². The van der Waals surface area contributed by atoms with Gasteiger partial charge in [-0.3, -0.25) is 0 Å². The first-order chi connectivity index (χ1) is 10.7. The van der Waals surface area contributed by atoms with Crippen LogP contribution in [-0.4, -0.2) is 19.9 Å². The van der Waals surface area contributed by atoms with Gasteiger partial charge in [-0.05, 0) is 27.6 Å². The maximum atomic E-state index is 11.9. The highest BCUT2D eigenvalue weighted by atomic mass is 79.9. The number of esters is 1. The predicted molar refractivity (Wildman–Crippen MR) is 82.4 cm³/mol. The molecule has 2 aromatic carbocycles. The van der Waals surface area contributed by atoms with Crippen molar-refractivity contribution in [2.75, 3.05) is 13.9 Å². The fraction of sp³-hybridized carbons (Fsp3) is 0.188. The van der Waals surface area contributed by atoms with Gasteiger partial charge in [0.15, 0.2) is 11.5 Å². The Kier molecular flexibility index (Phi) is 4.20. The molecule has 22 heavy (non-hydrogen) atoms. The Hall–Kier alpha value is -2.21. The Morgan fingerprint density at radius 1 is 1.23 bits per heavy atom. The summed E-state index contributed by atoms with van der Waals surface area (Å²) in [7, 11) is 1.32. The van der Waals surface area contributed by atoms with Crippen LogP contribution < -0.4 is 14.2 Å².